The first-order valence-corrected chi connectivity index (χ1v) is 5.69. The Morgan fingerprint density at radius 1 is 1.41 bits per heavy atom. The number of esters is 1. The van der Waals surface area contributed by atoms with Crippen molar-refractivity contribution in [3.8, 4) is 0 Å². The van der Waals surface area contributed by atoms with Gasteiger partial charge < -0.3 is 9.47 Å². The van der Waals surface area contributed by atoms with Gasteiger partial charge in [0.25, 0.3) is 0 Å². The standard InChI is InChI=1S/C13H17NO3/c1-9-5-3-4-6-10(9)11-7-17-8-12(14-11)13(15)16-2/h3-6,11-12,14H,7-8H2,1-2H3. The molecule has 0 saturated carbocycles. The molecule has 4 heteroatoms. The Morgan fingerprint density at radius 3 is 2.88 bits per heavy atom. The highest BCUT2D eigenvalue weighted by Gasteiger charge is 2.28. The van der Waals surface area contributed by atoms with Gasteiger partial charge in [0.05, 0.1) is 26.4 Å². The van der Waals surface area contributed by atoms with E-state index in [1.807, 2.05) is 12.1 Å². The van der Waals surface area contributed by atoms with Gasteiger partial charge in [0, 0.05) is 0 Å². The fourth-order valence-electron chi connectivity index (χ4n) is 2.08. The molecule has 0 amide bonds. The third-order valence-electron chi connectivity index (χ3n) is 3.02. The van der Waals surface area contributed by atoms with E-state index in [1.54, 1.807) is 0 Å². The molecule has 1 aromatic carbocycles. The van der Waals surface area contributed by atoms with Crippen LogP contribution in [0.5, 0.6) is 0 Å². The largest absolute Gasteiger partial charge is 0.468 e. The summed E-state index contributed by atoms with van der Waals surface area (Å²) in [6, 6.07) is 7.77. The minimum absolute atomic E-state index is 0.0500. The van der Waals surface area contributed by atoms with Crippen LogP contribution in [-0.4, -0.2) is 32.3 Å². The zero-order chi connectivity index (χ0) is 12.3. The highest BCUT2D eigenvalue weighted by molar-refractivity contribution is 5.76. The first-order chi connectivity index (χ1) is 8.22. The second-order valence-electron chi connectivity index (χ2n) is 4.19. The van der Waals surface area contributed by atoms with E-state index in [0.29, 0.717) is 13.2 Å². The first kappa shape index (κ1) is 12.1. The van der Waals surface area contributed by atoms with Crippen LogP contribution >= 0.6 is 0 Å². The van der Waals surface area contributed by atoms with Crippen LogP contribution in [0.1, 0.15) is 17.2 Å². The molecule has 1 aliphatic rings. The molecular weight excluding hydrogens is 218 g/mol. The fourth-order valence-corrected chi connectivity index (χ4v) is 2.08. The van der Waals surface area contributed by atoms with Gasteiger partial charge in [0.15, 0.2) is 0 Å². The van der Waals surface area contributed by atoms with Gasteiger partial charge in [-0.25, -0.2) is 0 Å². The van der Waals surface area contributed by atoms with Crippen molar-refractivity contribution in [2.75, 3.05) is 20.3 Å². The quantitative estimate of drug-likeness (QED) is 0.782. The Kier molecular flexibility index (Phi) is 3.76. The Hall–Kier alpha value is -1.39. The van der Waals surface area contributed by atoms with Crippen LogP contribution in [0, 0.1) is 6.92 Å². The van der Waals surface area contributed by atoms with Crippen molar-refractivity contribution in [2.24, 2.45) is 0 Å². The maximum atomic E-state index is 11.5. The third-order valence-corrected chi connectivity index (χ3v) is 3.02. The molecule has 1 aromatic rings. The summed E-state index contributed by atoms with van der Waals surface area (Å²) < 4.78 is 10.2. The summed E-state index contributed by atoms with van der Waals surface area (Å²) in [4.78, 5) is 11.5. The summed E-state index contributed by atoms with van der Waals surface area (Å²) in [5.74, 6) is -0.275. The van der Waals surface area contributed by atoms with Gasteiger partial charge >= 0.3 is 5.97 Å². The topological polar surface area (TPSA) is 47.6 Å². The van der Waals surface area contributed by atoms with E-state index in [2.05, 4.69) is 24.4 Å². The van der Waals surface area contributed by atoms with Crippen LogP contribution in [0.2, 0.25) is 0 Å². The molecule has 1 aliphatic heterocycles. The van der Waals surface area contributed by atoms with E-state index < -0.39 is 0 Å². The molecule has 1 heterocycles. The van der Waals surface area contributed by atoms with Gasteiger partial charge in [-0.1, -0.05) is 24.3 Å². The molecule has 0 radical (unpaired) electrons. The highest BCUT2D eigenvalue weighted by atomic mass is 16.5. The lowest BCUT2D eigenvalue weighted by Gasteiger charge is -2.30. The van der Waals surface area contributed by atoms with E-state index in [-0.39, 0.29) is 18.1 Å². The monoisotopic (exact) mass is 235 g/mol. The predicted octanol–water partition coefficient (Wildman–Crippen LogP) is 1.20. The Bertz CT molecular complexity index is 405. The number of carbonyl (C=O) groups is 1. The van der Waals surface area contributed by atoms with E-state index >= 15 is 0 Å². The summed E-state index contributed by atoms with van der Waals surface area (Å²) in [6.45, 7) is 3.01. The van der Waals surface area contributed by atoms with Gasteiger partial charge in [-0.15, -0.1) is 0 Å². The maximum absolute atomic E-state index is 11.5. The van der Waals surface area contributed by atoms with E-state index in [0.717, 1.165) is 0 Å². The molecule has 4 nitrogen and oxygen atoms in total. The van der Waals surface area contributed by atoms with Crippen molar-refractivity contribution in [3.63, 3.8) is 0 Å². The smallest absolute Gasteiger partial charge is 0.325 e. The van der Waals surface area contributed by atoms with Gasteiger partial charge in [-0.05, 0) is 18.1 Å². The Labute approximate surface area is 101 Å². The van der Waals surface area contributed by atoms with Crippen LogP contribution in [0.3, 0.4) is 0 Å². The Balaban J connectivity index is 2.12. The molecule has 92 valence electrons. The summed E-state index contributed by atoms with van der Waals surface area (Å²) >= 11 is 0. The highest BCUT2D eigenvalue weighted by Crippen LogP contribution is 2.21. The van der Waals surface area contributed by atoms with Gasteiger partial charge in [0.2, 0.25) is 0 Å². The van der Waals surface area contributed by atoms with Crippen LogP contribution in [0.25, 0.3) is 0 Å². The average molecular weight is 235 g/mol. The number of hydrogen-bond acceptors (Lipinski definition) is 4. The molecule has 17 heavy (non-hydrogen) atoms. The second-order valence-corrected chi connectivity index (χ2v) is 4.19. The van der Waals surface area contributed by atoms with Gasteiger partial charge in [-0.3, -0.25) is 10.1 Å². The maximum Gasteiger partial charge on any atom is 0.325 e. The third kappa shape index (κ3) is 2.65. The SMILES string of the molecule is COC(=O)C1COCC(c2ccccc2C)N1. The summed E-state index contributed by atoms with van der Waals surface area (Å²) in [5.41, 5.74) is 2.36. The fraction of sp³-hybridized carbons (Fsp3) is 0.462. The van der Waals surface area contributed by atoms with Crippen molar-refractivity contribution in [3.05, 3.63) is 35.4 Å². The van der Waals surface area contributed by atoms with Crippen LogP contribution in [0.15, 0.2) is 24.3 Å². The number of nitrogens with one attached hydrogen (secondary N) is 1. The van der Waals surface area contributed by atoms with Crippen LogP contribution in [0.4, 0.5) is 0 Å². The number of rotatable bonds is 2. The van der Waals surface area contributed by atoms with E-state index in [1.165, 1.54) is 18.2 Å². The average Bonchev–Trinajstić information content (AvgIpc) is 2.38. The zero-order valence-corrected chi connectivity index (χ0v) is 10.1. The molecular formula is C13H17NO3. The normalized spacial score (nSPS) is 24.4. The lowest BCUT2D eigenvalue weighted by atomic mass is 10.00. The Morgan fingerprint density at radius 2 is 2.18 bits per heavy atom. The summed E-state index contributed by atoms with van der Waals surface area (Å²) in [6.07, 6.45) is 0. The van der Waals surface area contributed by atoms with Crippen molar-refractivity contribution in [1.29, 1.82) is 0 Å². The lowest BCUT2D eigenvalue weighted by molar-refractivity contribution is -0.147. The van der Waals surface area contributed by atoms with Gasteiger partial charge in [0.1, 0.15) is 6.04 Å². The van der Waals surface area contributed by atoms with E-state index in [4.69, 9.17) is 9.47 Å². The molecule has 1 fully saturated rings. The first-order valence-electron chi connectivity index (χ1n) is 5.69. The lowest BCUT2D eigenvalue weighted by Crippen LogP contribution is -2.48. The van der Waals surface area contributed by atoms with E-state index in [9.17, 15) is 4.79 Å². The molecule has 2 unspecified atom stereocenters. The number of aryl methyl sites for hydroxylation is 1. The summed E-state index contributed by atoms with van der Waals surface area (Å²) in [7, 11) is 1.39. The van der Waals surface area contributed by atoms with Crippen LogP contribution in [-0.2, 0) is 14.3 Å². The molecule has 1 saturated heterocycles. The van der Waals surface area contributed by atoms with Crippen molar-refractivity contribution < 1.29 is 14.3 Å². The molecule has 2 atom stereocenters. The number of hydrogen-bond donors (Lipinski definition) is 1. The molecule has 0 aromatic heterocycles. The minimum atomic E-state index is -0.377. The van der Waals surface area contributed by atoms with Crippen LogP contribution < -0.4 is 5.32 Å². The predicted molar refractivity (Wildman–Crippen MR) is 63.7 cm³/mol. The number of methoxy groups -OCH3 is 1. The molecule has 2 rings (SSSR count). The number of ether oxygens (including phenoxy) is 2. The molecule has 1 N–H and O–H groups in total. The van der Waals surface area contributed by atoms with Crippen molar-refractivity contribution >= 4 is 5.97 Å². The minimum Gasteiger partial charge on any atom is -0.468 e. The number of benzene rings is 1. The molecule has 0 spiro atoms. The number of morpholine rings is 1. The van der Waals surface area contributed by atoms with Crippen molar-refractivity contribution in [1.82, 2.24) is 5.32 Å². The zero-order valence-electron chi connectivity index (χ0n) is 10.1. The molecule has 0 bridgehead atoms. The van der Waals surface area contributed by atoms with Gasteiger partial charge in [-0.2, -0.15) is 0 Å². The summed E-state index contributed by atoms with van der Waals surface area (Å²) in [5, 5.41) is 3.26. The number of carbonyl (C=O) groups excluding carboxylic acids is 1. The second kappa shape index (κ2) is 5.29. The molecule has 0 aliphatic carbocycles. The van der Waals surface area contributed by atoms with Crippen molar-refractivity contribution in [2.45, 2.75) is 19.0 Å².